The first-order valence-electron chi connectivity index (χ1n) is 10.6. The molecule has 2 aromatic heterocycles. The van der Waals surface area contributed by atoms with Crippen LogP contribution in [-0.4, -0.2) is 43.4 Å². The van der Waals surface area contributed by atoms with Crippen molar-refractivity contribution in [2.45, 2.75) is 87.7 Å². The molecule has 0 radical (unpaired) electrons. The van der Waals surface area contributed by atoms with Gasteiger partial charge in [0.2, 0.25) is 5.91 Å². The average Bonchev–Trinajstić information content (AvgIpc) is 3.29. The summed E-state index contributed by atoms with van der Waals surface area (Å²) in [5.41, 5.74) is 0. The summed E-state index contributed by atoms with van der Waals surface area (Å²) in [5, 5.41) is 9.54. The maximum absolute atomic E-state index is 13.2. The van der Waals surface area contributed by atoms with Crippen molar-refractivity contribution in [2.75, 3.05) is 6.54 Å². The summed E-state index contributed by atoms with van der Waals surface area (Å²) < 4.78 is 7.68. The number of carbonyl (C=O) groups excluding carboxylic acids is 1. The van der Waals surface area contributed by atoms with Crippen molar-refractivity contribution >= 4 is 17.7 Å². The lowest BCUT2D eigenvalue weighted by atomic mass is 9.94. The Labute approximate surface area is 171 Å². The van der Waals surface area contributed by atoms with E-state index < -0.39 is 0 Å². The predicted molar refractivity (Wildman–Crippen MR) is 109 cm³/mol. The second kappa shape index (κ2) is 8.72. The van der Waals surface area contributed by atoms with Crippen LogP contribution in [0.3, 0.4) is 0 Å². The van der Waals surface area contributed by atoms with E-state index >= 15 is 0 Å². The summed E-state index contributed by atoms with van der Waals surface area (Å²) in [6.45, 7) is 5.49. The number of amides is 1. The van der Waals surface area contributed by atoms with Crippen LogP contribution in [0.2, 0.25) is 0 Å². The van der Waals surface area contributed by atoms with Crippen LogP contribution < -0.4 is 0 Å². The van der Waals surface area contributed by atoms with E-state index in [2.05, 4.69) is 26.6 Å². The molecule has 0 bridgehead atoms. The van der Waals surface area contributed by atoms with Crippen LogP contribution in [0.4, 0.5) is 0 Å². The Morgan fingerprint density at radius 3 is 2.71 bits per heavy atom. The smallest absolute Gasteiger partial charge is 0.236 e. The minimum Gasteiger partial charge on any atom is -0.467 e. The number of rotatable bonds is 8. The van der Waals surface area contributed by atoms with Gasteiger partial charge in [0.05, 0.1) is 18.1 Å². The van der Waals surface area contributed by atoms with Gasteiger partial charge in [-0.15, -0.1) is 10.2 Å². The maximum Gasteiger partial charge on any atom is 0.236 e. The van der Waals surface area contributed by atoms with Crippen molar-refractivity contribution in [1.82, 2.24) is 19.7 Å². The van der Waals surface area contributed by atoms with Gasteiger partial charge in [0.15, 0.2) is 5.16 Å². The highest BCUT2D eigenvalue weighted by Gasteiger charge is 2.33. The van der Waals surface area contributed by atoms with Crippen LogP contribution >= 0.6 is 11.8 Å². The minimum atomic E-state index is -0.173. The third-order valence-electron chi connectivity index (χ3n) is 5.85. The lowest BCUT2D eigenvalue weighted by Gasteiger charge is -2.35. The summed E-state index contributed by atoms with van der Waals surface area (Å²) in [4.78, 5) is 15.3. The van der Waals surface area contributed by atoms with E-state index in [0.717, 1.165) is 36.1 Å². The Bertz CT molecular complexity index is 778. The Kier molecular flexibility index (Phi) is 6.09. The van der Waals surface area contributed by atoms with Crippen molar-refractivity contribution < 1.29 is 9.21 Å². The van der Waals surface area contributed by atoms with Crippen LogP contribution in [0.1, 0.15) is 76.3 Å². The summed E-state index contributed by atoms with van der Waals surface area (Å²) in [7, 11) is 0. The molecule has 0 spiro atoms. The van der Waals surface area contributed by atoms with Gasteiger partial charge < -0.3 is 9.32 Å². The molecule has 0 aromatic carbocycles. The van der Waals surface area contributed by atoms with Crippen molar-refractivity contribution in [3.63, 3.8) is 0 Å². The highest BCUT2D eigenvalue weighted by Crippen LogP contribution is 2.40. The van der Waals surface area contributed by atoms with Crippen molar-refractivity contribution in [1.29, 1.82) is 0 Å². The molecular formula is C21H30N4O2S. The predicted octanol–water partition coefficient (Wildman–Crippen LogP) is 4.46. The first-order valence-corrected chi connectivity index (χ1v) is 11.5. The van der Waals surface area contributed by atoms with E-state index in [4.69, 9.17) is 4.42 Å². The molecule has 2 saturated carbocycles. The summed E-state index contributed by atoms with van der Waals surface area (Å²) in [5.74, 6) is 2.63. The molecule has 0 N–H and O–H groups in total. The molecule has 2 aliphatic rings. The normalized spacial score (nSPS) is 18.9. The van der Waals surface area contributed by atoms with Gasteiger partial charge in [-0.25, -0.2) is 0 Å². The second-order valence-corrected chi connectivity index (χ2v) is 9.26. The molecule has 2 aliphatic carbocycles. The van der Waals surface area contributed by atoms with E-state index in [0.29, 0.717) is 18.5 Å². The monoisotopic (exact) mass is 402 g/mol. The lowest BCUT2D eigenvalue weighted by molar-refractivity contribution is -0.133. The third kappa shape index (κ3) is 4.29. The van der Waals surface area contributed by atoms with Gasteiger partial charge in [0, 0.05) is 18.5 Å². The zero-order chi connectivity index (χ0) is 19.5. The van der Waals surface area contributed by atoms with Gasteiger partial charge in [-0.3, -0.25) is 9.36 Å². The van der Waals surface area contributed by atoms with Crippen LogP contribution in [0, 0.1) is 0 Å². The SMILES string of the molecule is CCN(C(=O)C(C)Sc1nnc(C2CC2)n1Cc1ccco1)C1CCCCC1. The van der Waals surface area contributed by atoms with Crippen molar-refractivity contribution in [3.8, 4) is 0 Å². The van der Waals surface area contributed by atoms with E-state index in [1.165, 1.54) is 43.9 Å². The lowest BCUT2D eigenvalue weighted by Crippen LogP contribution is -2.44. The maximum atomic E-state index is 13.2. The molecule has 2 fully saturated rings. The molecule has 152 valence electrons. The Hall–Kier alpha value is -1.76. The number of aromatic nitrogens is 3. The number of thioether (sulfide) groups is 1. The van der Waals surface area contributed by atoms with Crippen molar-refractivity contribution in [3.05, 3.63) is 30.0 Å². The summed E-state index contributed by atoms with van der Waals surface area (Å²) >= 11 is 1.53. The first-order chi connectivity index (χ1) is 13.7. The number of nitrogens with zero attached hydrogens (tertiary/aromatic N) is 4. The van der Waals surface area contributed by atoms with Crippen LogP contribution in [-0.2, 0) is 11.3 Å². The quantitative estimate of drug-likeness (QED) is 0.610. The standard InChI is InChI=1S/C21H30N4O2S/c1-3-24(17-8-5-4-6-9-17)20(26)15(2)28-21-23-22-19(16-11-12-16)25(21)14-18-10-7-13-27-18/h7,10,13,15-17H,3-6,8-9,11-12,14H2,1-2H3. The van der Waals surface area contributed by atoms with Crippen molar-refractivity contribution in [2.24, 2.45) is 0 Å². The number of carbonyl (C=O) groups is 1. The van der Waals surface area contributed by atoms with Gasteiger partial charge in [-0.1, -0.05) is 31.0 Å². The fraction of sp³-hybridized carbons (Fsp3) is 0.667. The van der Waals surface area contributed by atoms with Gasteiger partial charge in [-0.05, 0) is 51.7 Å². The fourth-order valence-electron chi connectivity index (χ4n) is 4.17. The zero-order valence-corrected chi connectivity index (χ0v) is 17.7. The molecule has 0 aliphatic heterocycles. The third-order valence-corrected chi connectivity index (χ3v) is 6.92. The molecule has 2 aromatic rings. The molecule has 0 saturated heterocycles. The summed E-state index contributed by atoms with van der Waals surface area (Å²) in [6, 6.07) is 4.28. The largest absolute Gasteiger partial charge is 0.467 e. The van der Waals surface area contributed by atoms with Gasteiger partial charge in [0.1, 0.15) is 11.6 Å². The topological polar surface area (TPSA) is 64.2 Å². The van der Waals surface area contributed by atoms with Crippen LogP contribution in [0.5, 0.6) is 0 Å². The highest BCUT2D eigenvalue weighted by molar-refractivity contribution is 8.00. The van der Waals surface area contributed by atoms with E-state index in [1.807, 2.05) is 19.1 Å². The zero-order valence-electron chi connectivity index (χ0n) is 16.8. The molecular weight excluding hydrogens is 372 g/mol. The molecule has 1 amide bonds. The first kappa shape index (κ1) is 19.6. The molecule has 6 nitrogen and oxygen atoms in total. The Balaban J connectivity index is 1.48. The molecule has 1 atom stereocenters. The Morgan fingerprint density at radius 2 is 2.07 bits per heavy atom. The summed E-state index contributed by atoms with van der Waals surface area (Å²) in [6.07, 6.45) is 10.1. The Morgan fingerprint density at radius 1 is 1.29 bits per heavy atom. The minimum absolute atomic E-state index is 0.173. The number of hydrogen-bond acceptors (Lipinski definition) is 5. The molecule has 4 rings (SSSR count). The average molecular weight is 403 g/mol. The highest BCUT2D eigenvalue weighted by atomic mass is 32.2. The number of hydrogen-bond donors (Lipinski definition) is 0. The van der Waals surface area contributed by atoms with E-state index in [1.54, 1.807) is 6.26 Å². The van der Waals surface area contributed by atoms with Crippen LogP contribution in [0.25, 0.3) is 0 Å². The van der Waals surface area contributed by atoms with Gasteiger partial charge in [-0.2, -0.15) is 0 Å². The number of furan rings is 1. The van der Waals surface area contributed by atoms with E-state index in [-0.39, 0.29) is 11.2 Å². The fourth-order valence-corrected chi connectivity index (χ4v) is 5.09. The molecule has 7 heteroatoms. The second-order valence-electron chi connectivity index (χ2n) is 7.96. The van der Waals surface area contributed by atoms with Crippen LogP contribution in [0.15, 0.2) is 28.0 Å². The van der Waals surface area contributed by atoms with Gasteiger partial charge >= 0.3 is 0 Å². The van der Waals surface area contributed by atoms with Gasteiger partial charge in [0.25, 0.3) is 0 Å². The molecule has 1 unspecified atom stereocenters. The molecule has 28 heavy (non-hydrogen) atoms. The molecule has 2 heterocycles. The van der Waals surface area contributed by atoms with E-state index in [9.17, 15) is 4.79 Å².